The Bertz CT molecular complexity index is 641. The second-order valence-electron chi connectivity index (χ2n) is 5.45. The zero-order valence-electron chi connectivity index (χ0n) is 13.0. The van der Waals surface area contributed by atoms with Gasteiger partial charge in [-0.05, 0) is 23.3 Å². The van der Waals surface area contributed by atoms with E-state index >= 15 is 0 Å². The van der Waals surface area contributed by atoms with Gasteiger partial charge in [-0.25, -0.2) is 4.79 Å². The van der Waals surface area contributed by atoms with E-state index in [1.54, 1.807) is 12.1 Å². The first-order chi connectivity index (χ1) is 10.7. The van der Waals surface area contributed by atoms with Crippen molar-refractivity contribution in [1.29, 1.82) is 0 Å². The van der Waals surface area contributed by atoms with Crippen LogP contribution in [-0.4, -0.2) is 11.9 Å². The third-order valence-corrected chi connectivity index (χ3v) is 3.70. The quantitative estimate of drug-likeness (QED) is 0.415. The van der Waals surface area contributed by atoms with Crippen LogP contribution in [0.25, 0.3) is 10.8 Å². The predicted molar refractivity (Wildman–Crippen MR) is 87.7 cm³/mol. The molecule has 0 amide bonds. The monoisotopic (exact) mass is 298 g/mol. The third kappa shape index (κ3) is 4.42. The second-order valence-corrected chi connectivity index (χ2v) is 5.45. The number of ether oxygens (including phenoxy) is 1. The molecule has 0 spiro atoms. The molecule has 0 unspecified atom stereocenters. The van der Waals surface area contributed by atoms with Crippen LogP contribution in [0.3, 0.4) is 0 Å². The Morgan fingerprint density at radius 2 is 1.64 bits per heavy atom. The van der Waals surface area contributed by atoms with Crippen LogP contribution in [-0.2, 0) is 9.53 Å². The van der Waals surface area contributed by atoms with Gasteiger partial charge in [0.05, 0.1) is 5.56 Å². The van der Waals surface area contributed by atoms with Gasteiger partial charge in [-0.15, -0.1) is 0 Å². The molecule has 0 bridgehead atoms. The third-order valence-electron chi connectivity index (χ3n) is 3.70. The van der Waals surface area contributed by atoms with Crippen molar-refractivity contribution in [2.24, 2.45) is 0 Å². The maximum atomic E-state index is 12.2. The van der Waals surface area contributed by atoms with Gasteiger partial charge in [-0.1, -0.05) is 69.0 Å². The first kappa shape index (κ1) is 16.2. The normalized spacial score (nSPS) is 10.6. The highest BCUT2D eigenvalue weighted by molar-refractivity contribution is 6.07. The Kier molecular flexibility index (Phi) is 6.13. The lowest BCUT2D eigenvalue weighted by atomic mass is 10.0. The molecule has 0 fully saturated rings. The number of fused-ring (bicyclic) bond motifs is 1. The fourth-order valence-electron chi connectivity index (χ4n) is 2.49. The summed E-state index contributed by atoms with van der Waals surface area (Å²) >= 11 is 0. The van der Waals surface area contributed by atoms with E-state index in [-0.39, 0.29) is 0 Å². The van der Waals surface area contributed by atoms with E-state index < -0.39 is 11.9 Å². The van der Waals surface area contributed by atoms with E-state index in [4.69, 9.17) is 4.74 Å². The van der Waals surface area contributed by atoms with Gasteiger partial charge in [0, 0.05) is 6.42 Å². The predicted octanol–water partition coefficient (Wildman–Crippen LogP) is 4.88. The van der Waals surface area contributed by atoms with Crippen LogP contribution >= 0.6 is 0 Å². The van der Waals surface area contributed by atoms with E-state index in [2.05, 4.69) is 6.92 Å². The molecule has 22 heavy (non-hydrogen) atoms. The van der Waals surface area contributed by atoms with Gasteiger partial charge < -0.3 is 4.74 Å². The molecule has 0 N–H and O–H groups in total. The van der Waals surface area contributed by atoms with Crippen LogP contribution < -0.4 is 0 Å². The van der Waals surface area contributed by atoms with Gasteiger partial charge >= 0.3 is 11.9 Å². The summed E-state index contributed by atoms with van der Waals surface area (Å²) in [5.41, 5.74) is 0.442. The molecule has 0 saturated carbocycles. The molecule has 2 aromatic carbocycles. The van der Waals surface area contributed by atoms with Crippen LogP contribution in [0.15, 0.2) is 42.5 Å². The summed E-state index contributed by atoms with van der Waals surface area (Å²) in [5, 5.41) is 1.77. The number of benzene rings is 2. The van der Waals surface area contributed by atoms with Crippen LogP contribution in [0.1, 0.15) is 55.8 Å². The molecule has 0 radical (unpaired) electrons. The fraction of sp³-hybridized carbons (Fsp3) is 0.368. The Morgan fingerprint density at radius 3 is 2.45 bits per heavy atom. The highest BCUT2D eigenvalue weighted by atomic mass is 16.6. The van der Waals surface area contributed by atoms with Crippen molar-refractivity contribution in [3.05, 3.63) is 48.0 Å². The molecule has 2 aromatic rings. The van der Waals surface area contributed by atoms with Crippen molar-refractivity contribution in [2.75, 3.05) is 0 Å². The minimum Gasteiger partial charge on any atom is -0.389 e. The summed E-state index contributed by atoms with van der Waals surface area (Å²) in [7, 11) is 0. The smallest absolute Gasteiger partial charge is 0.346 e. The lowest BCUT2D eigenvalue weighted by molar-refractivity contribution is -0.138. The Hall–Kier alpha value is -2.16. The molecular weight excluding hydrogens is 276 g/mol. The van der Waals surface area contributed by atoms with Crippen molar-refractivity contribution in [3.8, 4) is 0 Å². The number of hydrogen-bond donors (Lipinski definition) is 0. The summed E-state index contributed by atoms with van der Waals surface area (Å²) in [5.74, 6) is -0.996. The maximum absolute atomic E-state index is 12.2. The summed E-state index contributed by atoms with van der Waals surface area (Å²) in [4.78, 5) is 23.9. The summed E-state index contributed by atoms with van der Waals surface area (Å²) in [6.45, 7) is 2.15. The van der Waals surface area contributed by atoms with Gasteiger partial charge in [0.15, 0.2) is 0 Å². The summed E-state index contributed by atoms with van der Waals surface area (Å²) in [6.07, 6.45) is 5.57. The molecular formula is C19H22O3. The van der Waals surface area contributed by atoms with Gasteiger partial charge in [0.2, 0.25) is 0 Å². The second kappa shape index (κ2) is 8.32. The number of carbonyl (C=O) groups is 2. The molecule has 0 heterocycles. The lowest BCUT2D eigenvalue weighted by Crippen LogP contribution is -2.12. The van der Waals surface area contributed by atoms with Crippen LogP contribution in [0.2, 0.25) is 0 Å². The Balaban J connectivity index is 1.92. The standard InChI is InChI=1S/C19H22O3/c1-2-3-4-5-6-14-18(20)22-19(21)17-13-9-11-15-10-7-8-12-16(15)17/h7-13H,2-6,14H2,1H3. The van der Waals surface area contributed by atoms with Crippen LogP contribution in [0.5, 0.6) is 0 Å². The zero-order chi connectivity index (χ0) is 15.8. The Labute approximate surface area is 131 Å². The van der Waals surface area contributed by atoms with Crippen molar-refractivity contribution in [1.82, 2.24) is 0 Å². The largest absolute Gasteiger partial charge is 0.389 e. The van der Waals surface area contributed by atoms with E-state index in [0.29, 0.717) is 12.0 Å². The molecule has 0 atom stereocenters. The van der Waals surface area contributed by atoms with E-state index in [1.165, 1.54) is 12.8 Å². The van der Waals surface area contributed by atoms with E-state index in [1.807, 2.05) is 30.3 Å². The fourth-order valence-corrected chi connectivity index (χ4v) is 2.49. The number of carbonyl (C=O) groups excluding carboxylic acids is 2. The number of hydrogen-bond acceptors (Lipinski definition) is 3. The van der Waals surface area contributed by atoms with Gasteiger partial charge in [-0.3, -0.25) is 4.79 Å². The molecule has 0 aromatic heterocycles. The minimum absolute atomic E-state index is 0.306. The molecule has 0 aliphatic heterocycles. The Morgan fingerprint density at radius 1 is 0.909 bits per heavy atom. The highest BCUT2D eigenvalue weighted by Crippen LogP contribution is 2.19. The van der Waals surface area contributed by atoms with Gasteiger partial charge in [0.25, 0.3) is 0 Å². The van der Waals surface area contributed by atoms with E-state index in [9.17, 15) is 9.59 Å². The SMILES string of the molecule is CCCCCCCC(=O)OC(=O)c1cccc2ccccc12. The molecule has 3 heteroatoms. The topological polar surface area (TPSA) is 43.4 Å². The average molecular weight is 298 g/mol. The molecule has 2 rings (SSSR count). The molecule has 0 aliphatic rings. The minimum atomic E-state index is -0.560. The van der Waals surface area contributed by atoms with Crippen LogP contribution in [0.4, 0.5) is 0 Å². The van der Waals surface area contributed by atoms with Crippen molar-refractivity contribution in [3.63, 3.8) is 0 Å². The first-order valence-corrected chi connectivity index (χ1v) is 7.95. The van der Waals surface area contributed by atoms with Gasteiger partial charge in [-0.2, -0.15) is 0 Å². The van der Waals surface area contributed by atoms with Crippen molar-refractivity contribution >= 4 is 22.7 Å². The summed E-state index contributed by atoms with van der Waals surface area (Å²) < 4.78 is 4.97. The number of rotatable bonds is 7. The van der Waals surface area contributed by atoms with Crippen molar-refractivity contribution in [2.45, 2.75) is 45.4 Å². The average Bonchev–Trinajstić information content (AvgIpc) is 2.54. The maximum Gasteiger partial charge on any atom is 0.346 e. The molecule has 0 saturated heterocycles. The number of esters is 2. The summed E-state index contributed by atoms with van der Waals surface area (Å²) in [6, 6.07) is 13.0. The number of unbranched alkanes of at least 4 members (excludes halogenated alkanes) is 4. The molecule has 116 valence electrons. The first-order valence-electron chi connectivity index (χ1n) is 7.95. The zero-order valence-corrected chi connectivity index (χ0v) is 13.0. The molecule has 0 aliphatic carbocycles. The van der Waals surface area contributed by atoms with Gasteiger partial charge in [0.1, 0.15) is 0 Å². The van der Waals surface area contributed by atoms with Crippen LogP contribution in [0, 0.1) is 0 Å². The van der Waals surface area contributed by atoms with E-state index in [0.717, 1.165) is 30.0 Å². The lowest BCUT2D eigenvalue weighted by Gasteiger charge is -2.06. The highest BCUT2D eigenvalue weighted by Gasteiger charge is 2.15. The molecule has 3 nitrogen and oxygen atoms in total. The van der Waals surface area contributed by atoms with Crippen molar-refractivity contribution < 1.29 is 14.3 Å².